The molecule has 0 spiro atoms. The largest absolute Gasteiger partial charge is 0.346 e. The van der Waals surface area contributed by atoms with Crippen molar-refractivity contribution in [2.45, 2.75) is 13.5 Å². The highest BCUT2D eigenvalue weighted by Crippen LogP contribution is 2.21. The molecule has 25 heavy (non-hydrogen) atoms. The lowest BCUT2D eigenvalue weighted by atomic mass is 10.1. The molecule has 2 heterocycles. The van der Waals surface area contributed by atoms with Crippen LogP contribution in [0, 0.1) is 17.0 Å². The third-order valence-corrected chi connectivity index (χ3v) is 4.44. The third-order valence-electron chi connectivity index (χ3n) is 3.52. The van der Waals surface area contributed by atoms with E-state index in [9.17, 15) is 14.9 Å². The zero-order valence-corrected chi connectivity index (χ0v) is 14.1. The molecule has 0 aliphatic rings. The second kappa shape index (κ2) is 7.18. The van der Waals surface area contributed by atoms with Crippen LogP contribution in [0.15, 0.2) is 48.0 Å². The molecule has 8 heteroatoms. The number of rotatable bonds is 5. The molecule has 0 saturated heterocycles. The summed E-state index contributed by atoms with van der Waals surface area (Å²) < 4.78 is 0. The fourth-order valence-corrected chi connectivity index (χ4v) is 3.06. The van der Waals surface area contributed by atoms with Crippen molar-refractivity contribution in [3.05, 3.63) is 74.9 Å². The Morgan fingerprint density at radius 2 is 2.16 bits per heavy atom. The highest BCUT2D eigenvalue weighted by Gasteiger charge is 2.14. The number of hydrogen-bond donors (Lipinski definition) is 1. The number of nitrogens with zero attached hydrogens (tertiary/aromatic N) is 3. The van der Waals surface area contributed by atoms with Gasteiger partial charge in [0, 0.05) is 28.8 Å². The maximum atomic E-state index is 12.2. The van der Waals surface area contributed by atoms with E-state index in [0.717, 1.165) is 16.4 Å². The second-order valence-corrected chi connectivity index (χ2v) is 6.16. The van der Waals surface area contributed by atoms with E-state index in [4.69, 9.17) is 0 Å². The first kappa shape index (κ1) is 16.7. The van der Waals surface area contributed by atoms with Crippen LogP contribution in [-0.4, -0.2) is 20.8 Å². The molecule has 0 aliphatic heterocycles. The van der Waals surface area contributed by atoms with Gasteiger partial charge in [-0.2, -0.15) is 0 Å². The molecule has 1 N–H and O–H groups in total. The van der Waals surface area contributed by atoms with Gasteiger partial charge in [0.05, 0.1) is 22.9 Å². The molecule has 0 saturated carbocycles. The fourth-order valence-electron chi connectivity index (χ4n) is 2.27. The third kappa shape index (κ3) is 3.86. The quantitative estimate of drug-likeness (QED) is 0.560. The summed E-state index contributed by atoms with van der Waals surface area (Å²) in [6.45, 7) is 1.88. The second-order valence-electron chi connectivity index (χ2n) is 5.30. The summed E-state index contributed by atoms with van der Waals surface area (Å²) in [5, 5.41) is 16.3. The molecule has 0 atom stereocenters. The Balaban J connectivity index is 1.66. The fraction of sp³-hybridized carbons (Fsp3) is 0.118. The Morgan fingerprint density at radius 1 is 1.32 bits per heavy atom. The van der Waals surface area contributed by atoms with Crippen LogP contribution >= 0.6 is 11.3 Å². The minimum Gasteiger partial charge on any atom is -0.346 e. The van der Waals surface area contributed by atoms with Gasteiger partial charge in [-0.1, -0.05) is 6.07 Å². The summed E-state index contributed by atoms with van der Waals surface area (Å²) in [5.74, 6) is -0.301. The van der Waals surface area contributed by atoms with Crippen molar-refractivity contribution in [2.24, 2.45) is 0 Å². The number of benzene rings is 1. The first-order chi connectivity index (χ1) is 12.0. The summed E-state index contributed by atoms with van der Waals surface area (Å²) in [7, 11) is 0. The monoisotopic (exact) mass is 354 g/mol. The Hall–Kier alpha value is -3.13. The maximum Gasteiger partial charge on any atom is 0.272 e. The molecule has 0 bridgehead atoms. The number of pyridine rings is 1. The predicted molar refractivity (Wildman–Crippen MR) is 94.3 cm³/mol. The normalized spacial score (nSPS) is 10.4. The number of nitro benzene ring substituents is 1. The van der Waals surface area contributed by atoms with Crippen LogP contribution in [0.25, 0.3) is 10.7 Å². The van der Waals surface area contributed by atoms with Crippen molar-refractivity contribution >= 4 is 22.9 Å². The first-order valence-corrected chi connectivity index (χ1v) is 8.31. The van der Waals surface area contributed by atoms with E-state index in [-0.39, 0.29) is 18.1 Å². The number of amides is 1. The lowest BCUT2D eigenvalue weighted by Crippen LogP contribution is -2.23. The molecule has 1 aromatic carbocycles. The minimum atomic E-state index is -0.467. The summed E-state index contributed by atoms with van der Waals surface area (Å²) in [6, 6.07) is 9.90. The number of nitrogens with one attached hydrogen (secondary N) is 1. The van der Waals surface area contributed by atoms with Crippen LogP contribution in [0.5, 0.6) is 0 Å². The van der Waals surface area contributed by atoms with E-state index >= 15 is 0 Å². The molecule has 126 valence electrons. The van der Waals surface area contributed by atoms with E-state index in [1.165, 1.54) is 29.5 Å². The van der Waals surface area contributed by atoms with Gasteiger partial charge in [0.25, 0.3) is 11.6 Å². The van der Waals surface area contributed by atoms with Gasteiger partial charge in [-0.25, -0.2) is 4.98 Å². The van der Waals surface area contributed by atoms with Crippen LogP contribution in [0.3, 0.4) is 0 Å². The van der Waals surface area contributed by atoms with Gasteiger partial charge < -0.3 is 5.32 Å². The SMILES string of the molecule is Cc1cc(C(=O)NCc2csc(-c3ccccn3)n2)ccc1[N+](=O)[O-]. The van der Waals surface area contributed by atoms with Crippen LogP contribution in [0.4, 0.5) is 5.69 Å². The van der Waals surface area contributed by atoms with Crippen molar-refractivity contribution < 1.29 is 9.72 Å². The van der Waals surface area contributed by atoms with Gasteiger partial charge >= 0.3 is 0 Å². The average molecular weight is 354 g/mol. The molecule has 1 amide bonds. The number of thiazole rings is 1. The van der Waals surface area contributed by atoms with Crippen LogP contribution < -0.4 is 5.32 Å². The number of nitro groups is 1. The Labute approximate surface area is 147 Å². The summed E-state index contributed by atoms with van der Waals surface area (Å²) in [4.78, 5) is 31.3. The topological polar surface area (TPSA) is 98.0 Å². The van der Waals surface area contributed by atoms with Gasteiger partial charge in [-0.3, -0.25) is 19.9 Å². The van der Waals surface area contributed by atoms with E-state index in [2.05, 4.69) is 15.3 Å². The van der Waals surface area contributed by atoms with Crippen LogP contribution in [0.2, 0.25) is 0 Å². The number of hydrogen-bond acceptors (Lipinski definition) is 6. The Morgan fingerprint density at radius 3 is 2.84 bits per heavy atom. The van der Waals surface area contributed by atoms with E-state index < -0.39 is 4.92 Å². The molecule has 0 fully saturated rings. The van der Waals surface area contributed by atoms with Crippen molar-refractivity contribution in [2.75, 3.05) is 0 Å². The molecule has 2 aromatic heterocycles. The maximum absolute atomic E-state index is 12.2. The number of aryl methyl sites for hydroxylation is 1. The van der Waals surface area contributed by atoms with Crippen molar-refractivity contribution in [3.63, 3.8) is 0 Å². The first-order valence-electron chi connectivity index (χ1n) is 7.43. The molecular formula is C17H14N4O3S. The lowest BCUT2D eigenvalue weighted by Gasteiger charge is -2.05. The summed E-state index contributed by atoms with van der Waals surface area (Å²) in [5.41, 5.74) is 2.34. The Kier molecular flexibility index (Phi) is 4.80. The highest BCUT2D eigenvalue weighted by molar-refractivity contribution is 7.13. The van der Waals surface area contributed by atoms with Gasteiger partial charge in [0.15, 0.2) is 0 Å². The smallest absolute Gasteiger partial charge is 0.272 e. The van der Waals surface area contributed by atoms with Crippen LogP contribution in [-0.2, 0) is 6.54 Å². The average Bonchev–Trinajstić information content (AvgIpc) is 3.09. The molecule has 3 rings (SSSR count). The number of aromatic nitrogens is 2. The highest BCUT2D eigenvalue weighted by atomic mass is 32.1. The lowest BCUT2D eigenvalue weighted by molar-refractivity contribution is -0.385. The van der Waals surface area contributed by atoms with Gasteiger partial charge in [-0.05, 0) is 31.2 Å². The zero-order valence-electron chi connectivity index (χ0n) is 13.3. The minimum absolute atomic E-state index is 0.00365. The molecule has 3 aromatic rings. The molecule has 0 aliphatic carbocycles. The molecular weight excluding hydrogens is 340 g/mol. The van der Waals surface area contributed by atoms with Crippen molar-refractivity contribution in [3.8, 4) is 10.7 Å². The standard InChI is InChI=1S/C17H14N4O3S/c1-11-8-12(5-6-15(11)21(23)24)16(22)19-9-13-10-25-17(20-13)14-4-2-3-7-18-14/h2-8,10H,9H2,1H3,(H,19,22). The molecule has 0 unspecified atom stereocenters. The van der Waals surface area contributed by atoms with Crippen molar-refractivity contribution in [1.29, 1.82) is 0 Å². The van der Waals surface area contributed by atoms with Crippen molar-refractivity contribution in [1.82, 2.24) is 15.3 Å². The van der Waals surface area contributed by atoms with E-state index in [0.29, 0.717) is 11.1 Å². The summed E-state index contributed by atoms with van der Waals surface area (Å²) >= 11 is 1.46. The summed E-state index contributed by atoms with van der Waals surface area (Å²) in [6.07, 6.45) is 1.70. The predicted octanol–water partition coefficient (Wildman–Crippen LogP) is 3.35. The van der Waals surface area contributed by atoms with E-state index in [1.54, 1.807) is 13.1 Å². The number of carbonyl (C=O) groups excluding carboxylic acids is 1. The molecule has 0 radical (unpaired) electrons. The van der Waals surface area contributed by atoms with Gasteiger partial charge in [-0.15, -0.1) is 11.3 Å². The van der Waals surface area contributed by atoms with Gasteiger partial charge in [0.1, 0.15) is 5.01 Å². The zero-order chi connectivity index (χ0) is 17.8. The van der Waals surface area contributed by atoms with E-state index in [1.807, 2.05) is 23.6 Å². The Bertz CT molecular complexity index is 925. The number of carbonyl (C=O) groups is 1. The molecule has 7 nitrogen and oxygen atoms in total. The van der Waals surface area contributed by atoms with Crippen LogP contribution in [0.1, 0.15) is 21.6 Å². The van der Waals surface area contributed by atoms with Gasteiger partial charge in [0.2, 0.25) is 0 Å².